The van der Waals surface area contributed by atoms with Gasteiger partial charge in [0.05, 0.1) is 16.6 Å². The summed E-state index contributed by atoms with van der Waals surface area (Å²) in [6, 6.07) is 9.87. The van der Waals surface area contributed by atoms with Gasteiger partial charge in [-0.05, 0) is 93.7 Å². The second kappa shape index (κ2) is 12.9. The zero-order chi connectivity index (χ0) is 30.7. The molecule has 3 heterocycles. The minimum Gasteiger partial charge on any atom is -0.444 e. The SMILES string of the molecule is C[C@@H]1CN(c2ccc(Nc3ncc4cc(Br)c(NC(=O)NC5CCCCC5)nc4n3)cc2)C[C@H](C)N1C(=O)OC(C)(C)C. The van der Waals surface area contributed by atoms with Gasteiger partial charge >= 0.3 is 12.1 Å². The zero-order valence-corrected chi connectivity index (χ0v) is 27.1. The van der Waals surface area contributed by atoms with Crippen LogP contribution < -0.4 is 20.9 Å². The van der Waals surface area contributed by atoms with Crippen molar-refractivity contribution in [2.45, 2.75) is 90.4 Å². The number of ether oxygens (including phenoxy) is 1. The van der Waals surface area contributed by atoms with Crippen LogP contribution in [0.4, 0.5) is 32.7 Å². The van der Waals surface area contributed by atoms with E-state index in [1.54, 1.807) is 6.20 Å². The van der Waals surface area contributed by atoms with Crippen LogP contribution in [0.2, 0.25) is 0 Å². The second-order valence-corrected chi connectivity index (χ2v) is 13.4. The molecule has 0 radical (unpaired) electrons. The topological polar surface area (TPSA) is 125 Å². The van der Waals surface area contributed by atoms with E-state index >= 15 is 0 Å². The molecular weight excluding hydrogens is 612 g/mol. The number of fused-ring (bicyclic) bond motifs is 1. The van der Waals surface area contributed by atoms with E-state index in [4.69, 9.17) is 4.74 Å². The summed E-state index contributed by atoms with van der Waals surface area (Å²) in [5, 5.41) is 9.92. The van der Waals surface area contributed by atoms with Gasteiger partial charge in [-0.2, -0.15) is 4.98 Å². The fourth-order valence-corrected chi connectivity index (χ4v) is 6.19. The van der Waals surface area contributed by atoms with Gasteiger partial charge in [0.15, 0.2) is 11.5 Å². The van der Waals surface area contributed by atoms with Crippen LogP contribution in [0.25, 0.3) is 11.0 Å². The predicted molar refractivity (Wildman–Crippen MR) is 173 cm³/mol. The first kappa shape index (κ1) is 30.8. The molecule has 0 bridgehead atoms. The number of carbonyl (C=O) groups excluding carboxylic acids is 2. The van der Waals surface area contributed by atoms with Gasteiger partial charge < -0.3 is 20.3 Å². The monoisotopic (exact) mass is 652 g/mol. The van der Waals surface area contributed by atoms with Gasteiger partial charge in [0.1, 0.15) is 5.60 Å². The summed E-state index contributed by atoms with van der Waals surface area (Å²) >= 11 is 3.51. The van der Waals surface area contributed by atoms with Gasteiger partial charge in [-0.3, -0.25) is 10.2 Å². The molecule has 43 heavy (non-hydrogen) atoms. The van der Waals surface area contributed by atoms with E-state index in [2.05, 4.69) is 65.6 Å². The molecule has 3 amide bonds. The van der Waals surface area contributed by atoms with E-state index in [1.165, 1.54) is 6.42 Å². The molecule has 11 nitrogen and oxygen atoms in total. The Balaban J connectivity index is 1.22. The number of anilines is 4. The Labute approximate surface area is 261 Å². The number of benzene rings is 1. The molecule has 1 aromatic carbocycles. The number of amides is 3. The number of hydrogen-bond donors (Lipinski definition) is 3. The second-order valence-electron chi connectivity index (χ2n) is 12.5. The van der Waals surface area contributed by atoms with Crippen molar-refractivity contribution < 1.29 is 14.3 Å². The number of urea groups is 1. The molecule has 2 aromatic heterocycles. The largest absolute Gasteiger partial charge is 0.444 e. The minimum absolute atomic E-state index is 0.00709. The van der Waals surface area contributed by atoms with Crippen molar-refractivity contribution >= 4 is 62.2 Å². The highest BCUT2D eigenvalue weighted by Gasteiger charge is 2.35. The van der Waals surface area contributed by atoms with Crippen molar-refractivity contribution in [3.8, 4) is 0 Å². The van der Waals surface area contributed by atoms with Crippen molar-refractivity contribution in [2.75, 3.05) is 28.6 Å². The molecule has 2 atom stereocenters. The molecule has 3 N–H and O–H groups in total. The van der Waals surface area contributed by atoms with Gasteiger partial charge in [-0.1, -0.05) is 19.3 Å². The van der Waals surface area contributed by atoms with Crippen LogP contribution >= 0.6 is 15.9 Å². The Morgan fingerprint density at radius 1 is 1.00 bits per heavy atom. The van der Waals surface area contributed by atoms with Gasteiger partial charge in [0.25, 0.3) is 0 Å². The standard InChI is InChI=1S/C31H41BrN8O3/c1-19-17-39(18-20(2)40(19)30(42)43-31(3,4)5)24-13-11-23(12-14-24)34-28-33-16-21-15-25(32)27(36-26(21)37-28)38-29(41)35-22-9-7-6-8-10-22/h11-16,19-20,22H,6-10,17-18H2,1-5H3,(H3,33,34,35,36,37,38,41)/t19-,20+. The summed E-state index contributed by atoms with van der Waals surface area (Å²) in [4.78, 5) is 43.1. The van der Waals surface area contributed by atoms with E-state index in [-0.39, 0.29) is 30.2 Å². The van der Waals surface area contributed by atoms with Gasteiger partial charge in [0.2, 0.25) is 5.95 Å². The van der Waals surface area contributed by atoms with E-state index in [0.29, 0.717) is 35.0 Å². The molecule has 230 valence electrons. The average molecular weight is 654 g/mol. The molecule has 2 fully saturated rings. The highest BCUT2D eigenvalue weighted by molar-refractivity contribution is 9.10. The lowest BCUT2D eigenvalue weighted by Gasteiger charge is -2.45. The molecule has 5 rings (SSSR count). The van der Waals surface area contributed by atoms with Crippen LogP contribution in [-0.4, -0.2) is 68.8 Å². The van der Waals surface area contributed by atoms with Crippen LogP contribution in [0.1, 0.15) is 66.7 Å². The highest BCUT2D eigenvalue weighted by atomic mass is 79.9. The Bertz CT molecular complexity index is 1440. The fraction of sp³-hybridized carbons (Fsp3) is 0.516. The van der Waals surface area contributed by atoms with Crippen LogP contribution in [0.3, 0.4) is 0 Å². The van der Waals surface area contributed by atoms with E-state index in [9.17, 15) is 9.59 Å². The Hall–Kier alpha value is -3.67. The molecular formula is C31H41BrN8O3. The third kappa shape index (κ3) is 7.84. The molecule has 2 aliphatic rings. The van der Waals surface area contributed by atoms with Gasteiger partial charge in [-0.25, -0.2) is 19.6 Å². The van der Waals surface area contributed by atoms with Crippen LogP contribution in [-0.2, 0) is 4.74 Å². The van der Waals surface area contributed by atoms with Crippen molar-refractivity contribution in [1.29, 1.82) is 0 Å². The van der Waals surface area contributed by atoms with Crippen molar-refractivity contribution in [2.24, 2.45) is 0 Å². The van der Waals surface area contributed by atoms with Crippen LogP contribution in [0, 0.1) is 0 Å². The third-order valence-electron chi connectivity index (χ3n) is 7.71. The summed E-state index contributed by atoms with van der Waals surface area (Å²) in [5.74, 6) is 0.811. The van der Waals surface area contributed by atoms with Crippen LogP contribution in [0.15, 0.2) is 41.0 Å². The maximum absolute atomic E-state index is 12.8. The number of halogens is 1. The maximum atomic E-state index is 12.8. The molecule has 3 aromatic rings. The first-order chi connectivity index (χ1) is 20.4. The zero-order valence-electron chi connectivity index (χ0n) is 25.5. The summed E-state index contributed by atoms with van der Waals surface area (Å²) in [5.41, 5.74) is 1.85. The molecule has 1 aliphatic heterocycles. The fourth-order valence-electron chi connectivity index (χ4n) is 5.75. The summed E-state index contributed by atoms with van der Waals surface area (Å²) < 4.78 is 6.30. The quantitative estimate of drug-likeness (QED) is 0.274. The van der Waals surface area contributed by atoms with E-state index in [0.717, 1.165) is 42.4 Å². The number of piperazine rings is 1. The number of carbonyl (C=O) groups is 2. The third-order valence-corrected chi connectivity index (χ3v) is 8.31. The lowest BCUT2D eigenvalue weighted by molar-refractivity contribution is 0.00565. The van der Waals surface area contributed by atoms with E-state index < -0.39 is 5.60 Å². The maximum Gasteiger partial charge on any atom is 0.410 e. The van der Waals surface area contributed by atoms with E-state index in [1.807, 2.05) is 56.0 Å². The number of pyridine rings is 1. The molecule has 1 aliphatic carbocycles. The summed E-state index contributed by atoms with van der Waals surface area (Å²) in [6.07, 6.45) is 6.96. The number of rotatable bonds is 5. The molecule has 1 saturated heterocycles. The number of nitrogens with one attached hydrogen (secondary N) is 3. The number of aromatic nitrogens is 3. The Morgan fingerprint density at radius 3 is 2.33 bits per heavy atom. The van der Waals surface area contributed by atoms with Crippen molar-refractivity contribution in [1.82, 2.24) is 25.2 Å². The predicted octanol–water partition coefficient (Wildman–Crippen LogP) is 6.82. The molecule has 12 heteroatoms. The minimum atomic E-state index is -0.526. The Morgan fingerprint density at radius 2 is 1.67 bits per heavy atom. The van der Waals surface area contributed by atoms with Crippen molar-refractivity contribution in [3.63, 3.8) is 0 Å². The lowest BCUT2D eigenvalue weighted by Crippen LogP contribution is -2.59. The molecule has 0 spiro atoms. The molecule has 1 saturated carbocycles. The average Bonchev–Trinajstić information content (AvgIpc) is 2.93. The number of hydrogen-bond acceptors (Lipinski definition) is 8. The molecule has 0 unspecified atom stereocenters. The highest BCUT2D eigenvalue weighted by Crippen LogP contribution is 2.28. The van der Waals surface area contributed by atoms with Gasteiger partial charge in [0, 0.05) is 42.1 Å². The van der Waals surface area contributed by atoms with Crippen molar-refractivity contribution in [3.05, 3.63) is 41.0 Å². The normalized spacial score (nSPS) is 19.7. The van der Waals surface area contributed by atoms with Gasteiger partial charge in [-0.15, -0.1) is 0 Å². The first-order valence-electron chi connectivity index (χ1n) is 15.0. The Kier molecular flexibility index (Phi) is 9.24. The number of nitrogens with zero attached hydrogens (tertiary/aromatic N) is 5. The summed E-state index contributed by atoms with van der Waals surface area (Å²) in [6.45, 7) is 11.2. The van der Waals surface area contributed by atoms with Crippen LogP contribution in [0.5, 0.6) is 0 Å². The lowest BCUT2D eigenvalue weighted by atomic mass is 9.96. The summed E-state index contributed by atoms with van der Waals surface area (Å²) in [7, 11) is 0. The first-order valence-corrected chi connectivity index (χ1v) is 15.8. The smallest absolute Gasteiger partial charge is 0.410 e.